The second kappa shape index (κ2) is 6.95. The molecule has 2 saturated carbocycles. The summed E-state index contributed by atoms with van der Waals surface area (Å²) in [5.74, 6) is 1.35. The van der Waals surface area contributed by atoms with Crippen molar-refractivity contribution in [3.63, 3.8) is 0 Å². The van der Waals surface area contributed by atoms with Gasteiger partial charge in [-0.1, -0.05) is 6.07 Å². The summed E-state index contributed by atoms with van der Waals surface area (Å²) in [6.07, 6.45) is 5.29. The third-order valence-electron chi connectivity index (χ3n) is 4.70. The molecule has 0 saturated heterocycles. The Bertz CT molecular complexity index is 540. The average Bonchev–Trinajstić information content (AvgIpc) is 3.35. The van der Waals surface area contributed by atoms with Crippen molar-refractivity contribution in [3.8, 4) is 0 Å². The number of hydrogen-bond acceptors (Lipinski definition) is 2. The highest BCUT2D eigenvalue weighted by Crippen LogP contribution is 2.35. The largest absolute Gasteiger partial charge is 0.302 e. The first-order valence-corrected chi connectivity index (χ1v) is 9.28. The first-order valence-electron chi connectivity index (χ1n) is 8.20. The minimum atomic E-state index is -0.222. The summed E-state index contributed by atoms with van der Waals surface area (Å²) in [5, 5.41) is 0. The standard InChI is InChI=1S/C18H23FINO/c1-12(22)16(15-6-7-18(20)17(19)8-15)11-21(9-13-2-3-13)10-14-4-5-14/h6-8,13-14,16H,2-5,9-11H2,1H3/t16-/m0/s1. The van der Waals surface area contributed by atoms with Crippen LogP contribution in [-0.2, 0) is 4.79 Å². The van der Waals surface area contributed by atoms with Crippen molar-refractivity contribution in [2.24, 2.45) is 11.8 Å². The summed E-state index contributed by atoms with van der Waals surface area (Å²) in [7, 11) is 0. The topological polar surface area (TPSA) is 20.3 Å². The molecule has 0 bridgehead atoms. The van der Waals surface area contributed by atoms with Crippen LogP contribution in [0.15, 0.2) is 18.2 Å². The summed E-state index contributed by atoms with van der Waals surface area (Å²) < 4.78 is 14.5. The lowest BCUT2D eigenvalue weighted by atomic mass is 9.94. The van der Waals surface area contributed by atoms with Crippen LogP contribution in [0.2, 0.25) is 0 Å². The molecule has 1 aromatic rings. The van der Waals surface area contributed by atoms with E-state index in [1.165, 1.54) is 25.7 Å². The molecule has 22 heavy (non-hydrogen) atoms. The normalized spacial score (nSPS) is 19.5. The Morgan fingerprint density at radius 2 is 1.86 bits per heavy atom. The van der Waals surface area contributed by atoms with Gasteiger partial charge < -0.3 is 4.90 Å². The van der Waals surface area contributed by atoms with Gasteiger partial charge in [0.2, 0.25) is 0 Å². The van der Waals surface area contributed by atoms with Crippen LogP contribution in [0.25, 0.3) is 0 Å². The molecule has 0 unspecified atom stereocenters. The third kappa shape index (κ3) is 4.51. The molecule has 0 amide bonds. The summed E-state index contributed by atoms with van der Waals surface area (Å²) >= 11 is 1.99. The fraction of sp³-hybridized carbons (Fsp3) is 0.611. The van der Waals surface area contributed by atoms with E-state index in [1.807, 2.05) is 28.7 Å². The number of benzene rings is 1. The maximum absolute atomic E-state index is 13.8. The smallest absolute Gasteiger partial charge is 0.138 e. The monoisotopic (exact) mass is 415 g/mol. The van der Waals surface area contributed by atoms with Gasteiger partial charge in [0.15, 0.2) is 0 Å². The van der Waals surface area contributed by atoms with Crippen molar-refractivity contribution < 1.29 is 9.18 Å². The molecule has 2 aliphatic rings. The summed E-state index contributed by atoms with van der Waals surface area (Å²) in [6, 6.07) is 5.22. The highest BCUT2D eigenvalue weighted by Gasteiger charge is 2.31. The maximum atomic E-state index is 13.8. The van der Waals surface area contributed by atoms with E-state index in [1.54, 1.807) is 19.1 Å². The number of ketones is 1. The van der Waals surface area contributed by atoms with E-state index in [0.717, 1.165) is 37.0 Å². The number of hydrogen-bond donors (Lipinski definition) is 0. The number of halogens is 2. The van der Waals surface area contributed by atoms with Crippen LogP contribution in [0, 0.1) is 21.2 Å². The number of Topliss-reactive ketones (excluding diaryl/α,β-unsaturated/α-hetero) is 1. The van der Waals surface area contributed by atoms with Gasteiger partial charge in [0, 0.05) is 23.2 Å². The van der Waals surface area contributed by atoms with Crippen LogP contribution < -0.4 is 0 Å². The Kier molecular flexibility index (Phi) is 5.17. The predicted octanol–water partition coefficient (Wildman–Crippen LogP) is 4.22. The van der Waals surface area contributed by atoms with Crippen LogP contribution >= 0.6 is 22.6 Å². The molecule has 2 aliphatic carbocycles. The van der Waals surface area contributed by atoms with E-state index >= 15 is 0 Å². The van der Waals surface area contributed by atoms with Crippen LogP contribution in [0.3, 0.4) is 0 Å². The Balaban J connectivity index is 1.72. The number of rotatable bonds is 8. The van der Waals surface area contributed by atoms with Gasteiger partial charge in [-0.15, -0.1) is 0 Å². The van der Waals surface area contributed by atoms with E-state index in [0.29, 0.717) is 3.57 Å². The average molecular weight is 415 g/mol. The van der Waals surface area contributed by atoms with Gasteiger partial charge in [0.1, 0.15) is 11.6 Å². The molecule has 1 atom stereocenters. The third-order valence-corrected chi connectivity index (χ3v) is 5.58. The molecular formula is C18H23FINO. The summed E-state index contributed by atoms with van der Waals surface area (Å²) in [6.45, 7) is 4.58. The minimum absolute atomic E-state index is 0.136. The molecule has 0 aromatic heterocycles. The van der Waals surface area contributed by atoms with Crippen molar-refractivity contribution in [1.82, 2.24) is 4.90 Å². The Morgan fingerprint density at radius 3 is 2.32 bits per heavy atom. The Morgan fingerprint density at radius 1 is 1.27 bits per heavy atom. The van der Waals surface area contributed by atoms with Crippen molar-refractivity contribution >= 4 is 28.4 Å². The first kappa shape index (κ1) is 16.4. The zero-order chi connectivity index (χ0) is 15.7. The van der Waals surface area contributed by atoms with Gasteiger partial charge in [-0.2, -0.15) is 0 Å². The molecule has 2 nitrogen and oxygen atoms in total. The lowest BCUT2D eigenvalue weighted by Gasteiger charge is -2.27. The van der Waals surface area contributed by atoms with E-state index < -0.39 is 0 Å². The number of nitrogens with zero attached hydrogens (tertiary/aromatic N) is 1. The van der Waals surface area contributed by atoms with Crippen molar-refractivity contribution in [2.45, 2.75) is 38.5 Å². The molecule has 0 heterocycles. The highest BCUT2D eigenvalue weighted by molar-refractivity contribution is 14.1. The Labute approximate surface area is 145 Å². The molecule has 4 heteroatoms. The molecule has 2 fully saturated rings. The van der Waals surface area contributed by atoms with Gasteiger partial charge in [-0.3, -0.25) is 4.79 Å². The lowest BCUT2D eigenvalue weighted by Crippen LogP contribution is -2.34. The quantitative estimate of drug-likeness (QED) is 0.593. The van der Waals surface area contributed by atoms with E-state index in [2.05, 4.69) is 4.90 Å². The molecule has 120 valence electrons. The molecule has 0 aliphatic heterocycles. The molecule has 0 radical (unpaired) electrons. The van der Waals surface area contributed by atoms with Crippen LogP contribution in [0.4, 0.5) is 4.39 Å². The van der Waals surface area contributed by atoms with E-state index in [9.17, 15) is 9.18 Å². The first-order chi connectivity index (χ1) is 10.5. The second-order valence-electron chi connectivity index (χ2n) is 6.94. The van der Waals surface area contributed by atoms with Crippen LogP contribution in [0.1, 0.15) is 44.1 Å². The van der Waals surface area contributed by atoms with Crippen LogP contribution in [0.5, 0.6) is 0 Å². The summed E-state index contributed by atoms with van der Waals surface area (Å²) in [4.78, 5) is 14.6. The fourth-order valence-electron chi connectivity index (χ4n) is 3.01. The van der Waals surface area contributed by atoms with Gasteiger partial charge in [-0.25, -0.2) is 4.39 Å². The second-order valence-corrected chi connectivity index (χ2v) is 8.10. The molecule has 0 N–H and O–H groups in total. The lowest BCUT2D eigenvalue weighted by molar-refractivity contribution is -0.118. The van der Waals surface area contributed by atoms with Gasteiger partial charge in [0.05, 0.1) is 5.92 Å². The number of carbonyl (C=O) groups excluding carboxylic acids is 1. The zero-order valence-electron chi connectivity index (χ0n) is 13.0. The van der Waals surface area contributed by atoms with Crippen molar-refractivity contribution in [2.75, 3.05) is 19.6 Å². The van der Waals surface area contributed by atoms with E-state index in [4.69, 9.17) is 0 Å². The van der Waals surface area contributed by atoms with E-state index in [-0.39, 0.29) is 17.5 Å². The summed E-state index contributed by atoms with van der Waals surface area (Å²) in [5.41, 5.74) is 0.821. The molecule has 0 spiro atoms. The molecule has 3 rings (SSSR count). The van der Waals surface area contributed by atoms with Crippen LogP contribution in [-0.4, -0.2) is 30.3 Å². The van der Waals surface area contributed by atoms with Gasteiger partial charge in [0.25, 0.3) is 0 Å². The fourth-order valence-corrected chi connectivity index (χ4v) is 3.35. The predicted molar refractivity (Wildman–Crippen MR) is 94.4 cm³/mol. The zero-order valence-corrected chi connectivity index (χ0v) is 15.2. The maximum Gasteiger partial charge on any atom is 0.138 e. The number of carbonyl (C=O) groups is 1. The van der Waals surface area contributed by atoms with Gasteiger partial charge in [-0.05, 0) is 84.7 Å². The van der Waals surface area contributed by atoms with Crippen molar-refractivity contribution in [3.05, 3.63) is 33.1 Å². The SMILES string of the molecule is CC(=O)[C@H](CN(CC1CC1)CC1CC1)c1ccc(I)c(F)c1. The van der Waals surface area contributed by atoms with Crippen molar-refractivity contribution in [1.29, 1.82) is 0 Å². The molecule has 1 aromatic carbocycles. The highest BCUT2D eigenvalue weighted by atomic mass is 127. The Hall–Kier alpha value is -0.490. The van der Waals surface area contributed by atoms with Gasteiger partial charge >= 0.3 is 0 Å². The minimum Gasteiger partial charge on any atom is -0.302 e. The molecular weight excluding hydrogens is 392 g/mol.